The quantitative estimate of drug-likeness (QED) is 0.285. The number of halogens is 2. The van der Waals surface area contributed by atoms with Crippen molar-refractivity contribution in [2.45, 2.75) is 13.5 Å². The van der Waals surface area contributed by atoms with Crippen molar-refractivity contribution in [3.05, 3.63) is 97.9 Å². The minimum absolute atomic E-state index is 0.510. The van der Waals surface area contributed by atoms with Crippen molar-refractivity contribution in [2.24, 2.45) is 0 Å². The molecule has 0 atom stereocenters. The SMILES string of the molecule is Cc1ccc(COc2ccc(/C=C(\C#N)c3ccc(Br)cc3)cc2Br)cc1. The molecule has 0 saturated heterocycles. The predicted octanol–water partition coefficient (Wildman–Crippen LogP) is 7.16. The normalized spacial score (nSPS) is 11.1. The fourth-order valence-corrected chi connectivity index (χ4v) is 3.32. The molecular formula is C23H17Br2NO. The molecule has 134 valence electrons. The van der Waals surface area contributed by atoms with Gasteiger partial charge >= 0.3 is 0 Å². The third kappa shape index (κ3) is 5.32. The number of aryl methyl sites for hydroxylation is 1. The van der Waals surface area contributed by atoms with Crippen LogP contribution in [-0.2, 0) is 6.61 Å². The van der Waals surface area contributed by atoms with E-state index in [-0.39, 0.29) is 0 Å². The molecule has 4 heteroatoms. The number of allylic oxidation sites excluding steroid dienone is 1. The van der Waals surface area contributed by atoms with Gasteiger partial charge in [0.15, 0.2) is 0 Å². The molecule has 0 aliphatic rings. The second-order valence-electron chi connectivity index (χ2n) is 6.14. The highest BCUT2D eigenvalue weighted by atomic mass is 79.9. The van der Waals surface area contributed by atoms with Gasteiger partial charge in [-0.1, -0.05) is 64.0 Å². The maximum Gasteiger partial charge on any atom is 0.134 e. The van der Waals surface area contributed by atoms with Crippen molar-refractivity contribution < 1.29 is 4.74 Å². The van der Waals surface area contributed by atoms with Gasteiger partial charge < -0.3 is 4.74 Å². The Labute approximate surface area is 176 Å². The molecule has 0 aliphatic heterocycles. The highest BCUT2D eigenvalue weighted by Gasteiger charge is 2.05. The number of nitrogens with zero attached hydrogens (tertiary/aromatic N) is 1. The second-order valence-corrected chi connectivity index (χ2v) is 7.91. The number of rotatable bonds is 5. The van der Waals surface area contributed by atoms with Crippen LogP contribution in [0.4, 0.5) is 0 Å². The monoisotopic (exact) mass is 481 g/mol. The van der Waals surface area contributed by atoms with Crippen LogP contribution in [0.3, 0.4) is 0 Å². The van der Waals surface area contributed by atoms with E-state index in [1.807, 2.05) is 48.5 Å². The Morgan fingerprint density at radius 3 is 2.33 bits per heavy atom. The van der Waals surface area contributed by atoms with Gasteiger partial charge in [-0.25, -0.2) is 0 Å². The standard InChI is InChI=1S/C23H17Br2NO/c1-16-2-4-17(5-3-16)15-27-23-11-6-18(13-22(23)25)12-20(14-26)19-7-9-21(24)10-8-19/h2-13H,15H2,1H3/b20-12+. The smallest absolute Gasteiger partial charge is 0.134 e. The highest BCUT2D eigenvalue weighted by molar-refractivity contribution is 9.10. The summed E-state index contributed by atoms with van der Waals surface area (Å²) in [6, 6.07) is 24.1. The van der Waals surface area contributed by atoms with E-state index in [0.717, 1.165) is 31.4 Å². The van der Waals surface area contributed by atoms with Crippen LogP contribution in [0.1, 0.15) is 22.3 Å². The topological polar surface area (TPSA) is 33.0 Å². The summed E-state index contributed by atoms with van der Waals surface area (Å²) < 4.78 is 7.75. The zero-order valence-corrected chi connectivity index (χ0v) is 17.9. The molecule has 2 nitrogen and oxygen atoms in total. The van der Waals surface area contributed by atoms with Crippen LogP contribution in [0.15, 0.2) is 75.7 Å². The molecule has 0 aromatic heterocycles. The van der Waals surface area contributed by atoms with Gasteiger partial charge in [0, 0.05) is 4.47 Å². The molecule has 0 saturated carbocycles. The number of hydrogen-bond donors (Lipinski definition) is 0. The summed E-state index contributed by atoms with van der Waals surface area (Å²) in [5.74, 6) is 0.773. The molecule has 0 N–H and O–H groups in total. The Balaban J connectivity index is 1.76. The van der Waals surface area contributed by atoms with Gasteiger partial charge in [-0.3, -0.25) is 0 Å². The van der Waals surface area contributed by atoms with Crippen LogP contribution >= 0.6 is 31.9 Å². The first kappa shape index (κ1) is 19.4. The Kier molecular flexibility index (Phi) is 6.49. The molecule has 0 fully saturated rings. The van der Waals surface area contributed by atoms with Crippen LogP contribution in [0.5, 0.6) is 5.75 Å². The van der Waals surface area contributed by atoms with Gasteiger partial charge in [-0.05, 0) is 69.9 Å². The van der Waals surface area contributed by atoms with E-state index >= 15 is 0 Å². The van der Waals surface area contributed by atoms with Crippen LogP contribution in [0.2, 0.25) is 0 Å². The molecular weight excluding hydrogens is 466 g/mol. The maximum atomic E-state index is 9.50. The fraction of sp³-hybridized carbons (Fsp3) is 0.0870. The van der Waals surface area contributed by atoms with E-state index < -0.39 is 0 Å². The summed E-state index contributed by atoms with van der Waals surface area (Å²) in [6.45, 7) is 2.58. The van der Waals surface area contributed by atoms with Crippen molar-refractivity contribution in [3.63, 3.8) is 0 Å². The van der Waals surface area contributed by atoms with Crippen LogP contribution < -0.4 is 4.74 Å². The summed E-state index contributed by atoms with van der Waals surface area (Å²) in [6.07, 6.45) is 1.87. The number of ether oxygens (including phenoxy) is 1. The first-order valence-electron chi connectivity index (χ1n) is 8.41. The predicted molar refractivity (Wildman–Crippen MR) is 117 cm³/mol. The third-order valence-electron chi connectivity index (χ3n) is 4.06. The molecule has 27 heavy (non-hydrogen) atoms. The minimum atomic E-state index is 0.510. The van der Waals surface area contributed by atoms with Gasteiger partial charge in [-0.2, -0.15) is 5.26 Å². The Hall–Kier alpha value is -2.35. The Bertz CT molecular complexity index is 1000. The average Bonchev–Trinajstić information content (AvgIpc) is 2.67. The largest absolute Gasteiger partial charge is 0.488 e. The lowest BCUT2D eigenvalue weighted by Crippen LogP contribution is -1.96. The molecule has 0 unspecified atom stereocenters. The van der Waals surface area contributed by atoms with Crippen molar-refractivity contribution in [1.82, 2.24) is 0 Å². The lowest BCUT2D eigenvalue weighted by molar-refractivity contribution is 0.304. The summed E-state index contributed by atoms with van der Waals surface area (Å²) in [7, 11) is 0. The van der Waals surface area contributed by atoms with Gasteiger partial charge in [-0.15, -0.1) is 0 Å². The summed E-state index contributed by atoms with van der Waals surface area (Å²) in [5.41, 5.74) is 4.79. The van der Waals surface area contributed by atoms with Crippen molar-refractivity contribution in [1.29, 1.82) is 5.26 Å². The van der Waals surface area contributed by atoms with Crippen LogP contribution in [0.25, 0.3) is 11.6 Å². The lowest BCUT2D eigenvalue weighted by Gasteiger charge is -2.09. The summed E-state index contributed by atoms with van der Waals surface area (Å²) >= 11 is 6.98. The molecule has 0 aliphatic carbocycles. The fourth-order valence-electron chi connectivity index (χ4n) is 2.55. The van der Waals surface area contributed by atoms with E-state index in [1.165, 1.54) is 5.56 Å². The zero-order valence-electron chi connectivity index (χ0n) is 14.7. The Morgan fingerprint density at radius 2 is 1.70 bits per heavy atom. The van der Waals surface area contributed by atoms with E-state index in [2.05, 4.69) is 69.1 Å². The maximum absolute atomic E-state index is 9.50. The number of hydrogen-bond acceptors (Lipinski definition) is 2. The van der Waals surface area contributed by atoms with E-state index in [0.29, 0.717) is 12.2 Å². The molecule has 0 amide bonds. The Morgan fingerprint density at radius 1 is 1.00 bits per heavy atom. The lowest BCUT2D eigenvalue weighted by atomic mass is 10.0. The van der Waals surface area contributed by atoms with E-state index in [4.69, 9.17) is 4.74 Å². The van der Waals surface area contributed by atoms with Crippen LogP contribution in [-0.4, -0.2) is 0 Å². The summed E-state index contributed by atoms with van der Waals surface area (Å²) in [4.78, 5) is 0. The van der Waals surface area contributed by atoms with Crippen molar-refractivity contribution in [2.75, 3.05) is 0 Å². The molecule has 0 heterocycles. The molecule has 3 rings (SSSR count). The van der Waals surface area contributed by atoms with Gasteiger partial charge in [0.05, 0.1) is 16.1 Å². The summed E-state index contributed by atoms with van der Waals surface area (Å²) in [5, 5.41) is 9.50. The van der Waals surface area contributed by atoms with Gasteiger partial charge in [0.25, 0.3) is 0 Å². The molecule has 3 aromatic carbocycles. The van der Waals surface area contributed by atoms with Crippen molar-refractivity contribution >= 4 is 43.5 Å². The van der Waals surface area contributed by atoms with E-state index in [1.54, 1.807) is 0 Å². The molecule has 3 aromatic rings. The van der Waals surface area contributed by atoms with Crippen LogP contribution in [0, 0.1) is 18.3 Å². The minimum Gasteiger partial charge on any atom is -0.488 e. The second kappa shape index (κ2) is 9.03. The van der Waals surface area contributed by atoms with Gasteiger partial charge in [0.1, 0.15) is 12.4 Å². The number of nitriles is 1. The molecule has 0 spiro atoms. The van der Waals surface area contributed by atoms with Gasteiger partial charge in [0.2, 0.25) is 0 Å². The third-order valence-corrected chi connectivity index (χ3v) is 5.21. The number of benzene rings is 3. The highest BCUT2D eigenvalue weighted by Crippen LogP contribution is 2.29. The average molecular weight is 483 g/mol. The molecule has 0 bridgehead atoms. The van der Waals surface area contributed by atoms with Crippen molar-refractivity contribution in [3.8, 4) is 11.8 Å². The first-order valence-corrected chi connectivity index (χ1v) is 9.99. The zero-order chi connectivity index (χ0) is 19.2. The molecule has 0 radical (unpaired) electrons. The van der Waals surface area contributed by atoms with E-state index in [9.17, 15) is 5.26 Å². The first-order chi connectivity index (χ1) is 13.0.